The smallest absolute Gasteiger partial charge is 0.272 e. The summed E-state index contributed by atoms with van der Waals surface area (Å²) in [5.74, 6) is 0.150. The largest absolute Gasteiger partial charge is 0.289 e. The average molecular weight is 382 g/mol. The van der Waals surface area contributed by atoms with Crippen LogP contribution in [0.25, 0.3) is 22.0 Å². The number of carbonyl (C=O) groups excluding carboxylic acids is 1. The molecule has 0 aliphatic carbocycles. The molecule has 0 bridgehead atoms. The fourth-order valence-corrected chi connectivity index (χ4v) is 3.13. The third-order valence-corrected chi connectivity index (χ3v) is 4.85. The molecule has 1 heterocycles. The van der Waals surface area contributed by atoms with Crippen molar-refractivity contribution in [1.82, 2.24) is 15.6 Å². The summed E-state index contributed by atoms with van der Waals surface area (Å²) in [7, 11) is 0. The van der Waals surface area contributed by atoms with E-state index in [1.807, 2.05) is 36.4 Å². The van der Waals surface area contributed by atoms with Crippen LogP contribution in [-0.4, -0.2) is 22.3 Å². The molecule has 0 aliphatic heterocycles. The Balaban J connectivity index is 1.43. The fraction of sp³-hybridized carbons (Fsp3) is 0.125. The van der Waals surface area contributed by atoms with Gasteiger partial charge in [0, 0.05) is 5.56 Å². The van der Waals surface area contributed by atoms with Crippen molar-refractivity contribution in [2.24, 2.45) is 5.10 Å². The highest BCUT2D eigenvalue weighted by molar-refractivity contribution is 5.94. The van der Waals surface area contributed by atoms with Gasteiger partial charge in [0.2, 0.25) is 0 Å². The van der Waals surface area contributed by atoms with Gasteiger partial charge in [0.1, 0.15) is 5.69 Å². The molecule has 3 aromatic carbocycles. The average Bonchev–Trinajstić information content (AvgIpc) is 3.24. The zero-order valence-corrected chi connectivity index (χ0v) is 16.4. The zero-order valence-electron chi connectivity index (χ0n) is 16.4. The number of H-pyrrole nitrogens is 1. The molecule has 0 radical (unpaired) electrons. The Morgan fingerprint density at radius 2 is 1.76 bits per heavy atom. The molecule has 2 N–H and O–H groups in total. The highest BCUT2D eigenvalue weighted by Crippen LogP contribution is 2.23. The van der Waals surface area contributed by atoms with Gasteiger partial charge < -0.3 is 0 Å². The number of nitrogens with zero attached hydrogens (tertiary/aromatic N) is 2. The maximum Gasteiger partial charge on any atom is 0.289 e. The van der Waals surface area contributed by atoms with Crippen molar-refractivity contribution in [2.45, 2.75) is 19.8 Å². The van der Waals surface area contributed by atoms with Crippen LogP contribution in [0.15, 0.2) is 77.9 Å². The summed E-state index contributed by atoms with van der Waals surface area (Å²) in [4.78, 5) is 12.3. The van der Waals surface area contributed by atoms with Crippen LogP contribution in [0.4, 0.5) is 0 Å². The lowest BCUT2D eigenvalue weighted by Gasteiger charge is -2.04. The van der Waals surface area contributed by atoms with E-state index in [-0.39, 0.29) is 5.91 Å². The van der Waals surface area contributed by atoms with Gasteiger partial charge in [-0.1, -0.05) is 74.5 Å². The monoisotopic (exact) mass is 382 g/mol. The molecular weight excluding hydrogens is 360 g/mol. The summed E-state index contributed by atoms with van der Waals surface area (Å²) in [6, 6.07) is 24.1. The van der Waals surface area contributed by atoms with Crippen LogP contribution in [0, 0.1) is 0 Å². The molecule has 5 nitrogen and oxygen atoms in total. The number of rotatable bonds is 5. The van der Waals surface area contributed by atoms with E-state index in [1.165, 1.54) is 10.9 Å². The van der Waals surface area contributed by atoms with Crippen molar-refractivity contribution in [2.75, 3.05) is 0 Å². The number of benzene rings is 3. The van der Waals surface area contributed by atoms with Crippen molar-refractivity contribution < 1.29 is 4.79 Å². The first-order chi connectivity index (χ1) is 14.1. The van der Waals surface area contributed by atoms with Crippen LogP contribution in [0.5, 0.6) is 0 Å². The van der Waals surface area contributed by atoms with Crippen LogP contribution in [-0.2, 0) is 0 Å². The van der Waals surface area contributed by atoms with Gasteiger partial charge in [0.25, 0.3) is 5.91 Å². The van der Waals surface area contributed by atoms with E-state index in [9.17, 15) is 4.79 Å². The van der Waals surface area contributed by atoms with E-state index in [1.54, 1.807) is 12.3 Å². The van der Waals surface area contributed by atoms with Gasteiger partial charge in [-0.05, 0) is 39.9 Å². The number of hydrogen-bond donors (Lipinski definition) is 2. The quantitative estimate of drug-likeness (QED) is 0.372. The molecule has 0 aliphatic rings. The van der Waals surface area contributed by atoms with Crippen molar-refractivity contribution in [1.29, 1.82) is 0 Å². The lowest BCUT2D eigenvalue weighted by molar-refractivity contribution is 0.0950. The van der Waals surface area contributed by atoms with Gasteiger partial charge in [0.05, 0.1) is 11.9 Å². The first kappa shape index (κ1) is 18.6. The Hall–Kier alpha value is -3.73. The predicted octanol–water partition coefficient (Wildman–Crippen LogP) is 5.12. The second-order valence-electron chi connectivity index (χ2n) is 7.25. The summed E-state index contributed by atoms with van der Waals surface area (Å²) < 4.78 is 0. The van der Waals surface area contributed by atoms with Gasteiger partial charge in [-0.3, -0.25) is 9.89 Å². The lowest BCUT2D eigenvalue weighted by atomic mass is 10.0. The molecule has 0 saturated heterocycles. The highest BCUT2D eigenvalue weighted by Gasteiger charge is 2.10. The van der Waals surface area contributed by atoms with E-state index in [0.717, 1.165) is 16.5 Å². The molecule has 0 fully saturated rings. The van der Waals surface area contributed by atoms with Crippen LogP contribution < -0.4 is 5.43 Å². The van der Waals surface area contributed by atoms with Crippen molar-refractivity contribution in [3.63, 3.8) is 0 Å². The molecule has 0 unspecified atom stereocenters. The summed E-state index contributed by atoms with van der Waals surface area (Å²) in [5, 5.41) is 13.4. The topological polar surface area (TPSA) is 70.1 Å². The Morgan fingerprint density at radius 3 is 2.52 bits per heavy atom. The number of fused-ring (bicyclic) bond motifs is 1. The van der Waals surface area contributed by atoms with Crippen LogP contribution >= 0.6 is 0 Å². The number of nitrogens with one attached hydrogen (secondary N) is 2. The van der Waals surface area contributed by atoms with Gasteiger partial charge in [0.15, 0.2) is 0 Å². The minimum absolute atomic E-state index is 0.334. The normalized spacial score (nSPS) is 11.4. The standard InChI is InChI=1S/C24H22N4O/c1-16(2)18-9-7-17(8-10-18)15-25-28-24(29)23-14-22(26-27-23)21-12-11-19-5-3-4-6-20(19)13-21/h3-16H,1-2H3,(H,26,27)(H,28,29)/b25-15-. The summed E-state index contributed by atoms with van der Waals surface area (Å²) in [5.41, 5.74) is 6.76. The minimum Gasteiger partial charge on any atom is -0.272 e. The van der Waals surface area contributed by atoms with E-state index < -0.39 is 0 Å². The number of amides is 1. The lowest BCUT2D eigenvalue weighted by Crippen LogP contribution is -2.18. The Kier molecular flexibility index (Phi) is 5.20. The number of hydrazone groups is 1. The molecule has 0 atom stereocenters. The molecule has 1 amide bonds. The van der Waals surface area contributed by atoms with Crippen LogP contribution in [0.2, 0.25) is 0 Å². The SMILES string of the molecule is CC(C)c1ccc(/C=N\NC(=O)c2cc(-c3ccc4ccccc4c3)n[nH]2)cc1. The van der Waals surface area contributed by atoms with Crippen molar-refractivity contribution in [3.05, 3.63) is 89.6 Å². The molecular formula is C24H22N4O. The Bertz CT molecular complexity index is 1170. The summed E-state index contributed by atoms with van der Waals surface area (Å²) >= 11 is 0. The molecule has 5 heteroatoms. The van der Waals surface area contributed by atoms with Gasteiger partial charge in [-0.15, -0.1) is 0 Å². The molecule has 144 valence electrons. The molecule has 0 saturated carbocycles. The molecule has 0 spiro atoms. The van der Waals surface area contributed by atoms with E-state index in [0.29, 0.717) is 17.3 Å². The highest BCUT2D eigenvalue weighted by atomic mass is 16.2. The maximum absolute atomic E-state index is 12.3. The zero-order chi connectivity index (χ0) is 20.2. The number of aromatic nitrogens is 2. The molecule has 4 rings (SSSR count). The van der Waals surface area contributed by atoms with Crippen molar-refractivity contribution in [3.8, 4) is 11.3 Å². The Morgan fingerprint density at radius 1 is 1.00 bits per heavy atom. The van der Waals surface area contributed by atoms with Gasteiger partial charge in [-0.25, -0.2) is 5.43 Å². The van der Waals surface area contributed by atoms with Gasteiger partial charge >= 0.3 is 0 Å². The number of carbonyl (C=O) groups is 1. The van der Waals surface area contributed by atoms with E-state index in [2.05, 4.69) is 64.9 Å². The van der Waals surface area contributed by atoms with Crippen LogP contribution in [0.3, 0.4) is 0 Å². The fourth-order valence-electron chi connectivity index (χ4n) is 3.13. The molecule has 1 aromatic heterocycles. The van der Waals surface area contributed by atoms with Gasteiger partial charge in [-0.2, -0.15) is 10.2 Å². The number of hydrogen-bond acceptors (Lipinski definition) is 3. The van der Waals surface area contributed by atoms with Crippen molar-refractivity contribution >= 4 is 22.9 Å². The Labute approximate surface area is 169 Å². The van der Waals surface area contributed by atoms with E-state index in [4.69, 9.17) is 0 Å². The second kappa shape index (κ2) is 8.10. The first-order valence-electron chi connectivity index (χ1n) is 9.58. The maximum atomic E-state index is 12.3. The predicted molar refractivity (Wildman–Crippen MR) is 117 cm³/mol. The van der Waals surface area contributed by atoms with E-state index >= 15 is 0 Å². The molecule has 4 aromatic rings. The third-order valence-electron chi connectivity index (χ3n) is 4.85. The molecule has 29 heavy (non-hydrogen) atoms. The summed E-state index contributed by atoms with van der Waals surface area (Å²) in [6.07, 6.45) is 1.63. The van der Waals surface area contributed by atoms with Crippen LogP contribution in [0.1, 0.15) is 41.4 Å². The minimum atomic E-state index is -0.334. The summed E-state index contributed by atoms with van der Waals surface area (Å²) in [6.45, 7) is 4.31. The second-order valence-corrected chi connectivity index (χ2v) is 7.25. The third kappa shape index (κ3) is 4.24. The number of aromatic amines is 1. The first-order valence-corrected chi connectivity index (χ1v) is 9.58.